The summed E-state index contributed by atoms with van der Waals surface area (Å²) < 4.78 is 7.44. The molecule has 2 amide bonds. The molecule has 0 spiro atoms. The van der Waals surface area contributed by atoms with Gasteiger partial charge in [-0.05, 0) is 49.4 Å². The second-order valence-electron chi connectivity index (χ2n) is 9.80. The number of aromatic nitrogens is 1. The smallest absolute Gasteiger partial charge is 0.271 e. The molecule has 2 aromatic heterocycles. The Kier molecular flexibility index (Phi) is 6.38. The molecule has 34 heavy (non-hydrogen) atoms. The monoisotopic (exact) mass is 479 g/mol. The molecular weight excluding hydrogens is 446 g/mol. The molecule has 1 aromatic carbocycles. The molecule has 6 nitrogen and oxygen atoms in total. The summed E-state index contributed by atoms with van der Waals surface area (Å²) >= 11 is 1.61. The van der Waals surface area contributed by atoms with Crippen LogP contribution in [0.4, 0.5) is 0 Å². The first-order valence-electron chi connectivity index (χ1n) is 12.3. The predicted molar refractivity (Wildman–Crippen MR) is 135 cm³/mol. The molecule has 2 aliphatic rings. The van der Waals surface area contributed by atoms with E-state index in [4.69, 9.17) is 4.74 Å². The largest absolute Gasteiger partial charge is 0.497 e. The third-order valence-corrected chi connectivity index (χ3v) is 8.32. The second kappa shape index (κ2) is 9.45. The van der Waals surface area contributed by atoms with Crippen molar-refractivity contribution in [3.8, 4) is 5.75 Å². The van der Waals surface area contributed by atoms with E-state index in [2.05, 4.69) is 5.32 Å². The Morgan fingerprint density at radius 2 is 1.91 bits per heavy atom. The van der Waals surface area contributed by atoms with E-state index in [1.807, 2.05) is 53.3 Å². The molecule has 3 heterocycles. The zero-order valence-electron chi connectivity index (χ0n) is 20.0. The topological polar surface area (TPSA) is 63.6 Å². The highest BCUT2D eigenvalue weighted by Crippen LogP contribution is 2.35. The van der Waals surface area contributed by atoms with Gasteiger partial charge in [0.25, 0.3) is 5.91 Å². The van der Waals surface area contributed by atoms with Crippen LogP contribution in [-0.2, 0) is 17.9 Å². The van der Waals surface area contributed by atoms with Gasteiger partial charge in [-0.1, -0.05) is 38.2 Å². The number of nitrogens with zero attached hydrogens (tertiary/aromatic N) is 2. The molecule has 1 fully saturated rings. The van der Waals surface area contributed by atoms with Gasteiger partial charge in [0.05, 0.1) is 25.7 Å². The van der Waals surface area contributed by atoms with Crippen molar-refractivity contribution in [3.05, 3.63) is 52.3 Å². The Bertz CT molecular complexity index is 1180. The summed E-state index contributed by atoms with van der Waals surface area (Å²) in [7, 11) is 1.64. The number of ether oxygens (including phenoxy) is 1. The Hall–Kier alpha value is -2.80. The molecule has 1 aliphatic carbocycles. The van der Waals surface area contributed by atoms with Crippen LogP contribution in [0.15, 0.2) is 41.8 Å². The van der Waals surface area contributed by atoms with Crippen LogP contribution in [0.5, 0.6) is 5.75 Å². The molecule has 180 valence electrons. The van der Waals surface area contributed by atoms with Crippen molar-refractivity contribution in [1.29, 1.82) is 0 Å². The first kappa shape index (κ1) is 23.0. The number of benzene rings is 1. The molecule has 0 unspecified atom stereocenters. The van der Waals surface area contributed by atoms with Crippen molar-refractivity contribution in [1.82, 2.24) is 14.8 Å². The van der Waals surface area contributed by atoms with Gasteiger partial charge in [0.1, 0.15) is 17.0 Å². The maximum atomic E-state index is 13.9. The molecule has 1 saturated carbocycles. The number of carbonyl (C=O) groups excluding carboxylic acids is 2. The van der Waals surface area contributed by atoms with Crippen molar-refractivity contribution in [3.63, 3.8) is 0 Å². The van der Waals surface area contributed by atoms with Crippen LogP contribution in [0.3, 0.4) is 0 Å². The Labute approximate surface area is 204 Å². The van der Waals surface area contributed by atoms with Crippen LogP contribution in [-0.4, -0.2) is 40.0 Å². The minimum Gasteiger partial charge on any atom is -0.497 e. The predicted octanol–water partition coefficient (Wildman–Crippen LogP) is 5.36. The van der Waals surface area contributed by atoms with Crippen molar-refractivity contribution in [2.24, 2.45) is 0 Å². The van der Waals surface area contributed by atoms with Gasteiger partial charge in [-0.15, -0.1) is 11.3 Å². The highest BCUT2D eigenvalue weighted by molar-refractivity contribution is 7.09. The first-order valence-corrected chi connectivity index (χ1v) is 13.2. The summed E-state index contributed by atoms with van der Waals surface area (Å²) in [5.74, 6) is 0.575. The molecule has 0 bridgehead atoms. The Morgan fingerprint density at radius 1 is 1.15 bits per heavy atom. The number of nitrogens with one attached hydrogen (secondary N) is 1. The minimum absolute atomic E-state index is 0.0571. The van der Waals surface area contributed by atoms with Crippen LogP contribution < -0.4 is 10.1 Å². The Balaban J connectivity index is 1.52. The maximum Gasteiger partial charge on any atom is 0.271 e. The minimum atomic E-state index is -0.995. The van der Waals surface area contributed by atoms with Gasteiger partial charge in [-0.2, -0.15) is 0 Å². The van der Waals surface area contributed by atoms with E-state index >= 15 is 0 Å². The fraction of sp³-hybridized carbons (Fsp3) is 0.481. The number of methoxy groups -OCH3 is 1. The molecule has 3 aromatic rings. The van der Waals surface area contributed by atoms with Crippen LogP contribution in [0.25, 0.3) is 10.9 Å². The van der Waals surface area contributed by atoms with Gasteiger partial charge in [0, 0.05) is 22.4 Å². The summed E-state index contributed by atoms with van der Waals surface area (Å²) in [6, 6.07) is 12.0. The van der Waals surface area contributed by atoms with E-state index < -0.39 is 5.54 Å². The number of thiophene rings is 1. The summed E-state index contributed by atoms with van der Waals surface area (Å²) in [4.78, 5) is 30.7. The lowest BCUT2D eigenvalue weighted by molar-refractivity contribution is -0.134. The van der Waals surface area contributed by atoms with E-state index in [1.165, 1.54) is 19.3 Å². The lowest BCUT2D eigenvalue weighted by Gasteiger charge is -2.44. The highest BCUT2D eigenvalue weighted by atomic mass is 32.1. The van der Waals surface area contributed by atoms with Crippen molar-refractivity contribution >= 4 is 34.1 Å². The molecule has 0 radical (unpaired) electrons. The standard InChI is InChI=1S/C27H33N3O3S/c1-27(26(32)28-20-9-6-4-3-5-7-10-20)18-29-23-16-21(33-2)13-12-19(23)15-24(29)25(31)30(27)17-22-11-8-14-34-22/h8,11-16,20H,3-7,9-10,17-18H2,1-2H3,(H,28,32)/t27-/m1/s1. The van der Waals surface area contributed by atoms with Crippen molar-refractivity contribution in [2.45, 2.75) is 76.5 Å². The van der Waals surface area contributed by atoms with E-state index in [0.29, 0.717) is 18.8 Å². The summed E-state index contributed by atoms with van der Waals surface area (Å²) in [6.45, 7) is 2.76. The van der Waals surface area contributed by atoms with E-state index in [9.17, 15) is 9.59 Å². The molecule has 1 N–H and O–H groups in total. The van der Waals surface area contributed by atoms with E-state index in [1.54, 1.807) is 23.3 Å². The number of hydrogen-bond donors (Lipinski definition) is 1. The number of rotatable bonds is 5. The third-order valence-electron chi connectivity index (χ3n) is 7.46. The Morgan fingerprint density at radius 3 is 2.62 bits per heavy atom. The summed E-state index contributed by atoms with van der Waals surface area (Å²) in [6.07, 6.45) is 8.05. The summed E-state index contributed by atoms with van der Waals surface area (Å²) in [5.41, 5.74) is 0.547. The molecule has 1 atom stereocenters. The average Bonchev–Trinajstić information content (AvgIpc) is 3.46. The van der Waals surface area contributed by atoms with Gasteiger partial charge < -0.3 is 19.5 Å². The van der Waals surface area contributed by atoms with Crippen LogP contribution in [0.1, 0.15) is 67.2 Å². The quantitative estimate of drug-likeness (QED) is 0.536. The van der Waals surface area contributed by atoms with Gasteiger partial charge >= 0.3 is 0 Å². The molecular formula is C27H33N3O3S. The fourth-order valence-corrected chi connectivity index (χ4v) is 6.10. The molecule has 7 heteroatoms. The van der Waals surface area contributed by atoms with Crippen LogP contribution in [0, 0.1) is 0 Å². The van der Waals surface area contributed by atoms with Crippen LogP contribution >= 0.6 is 11.3 Å². The van der Waals surface area contributed by atoms with Gasteiger partial charge in [-0.25, -0.2) is 0 Å². The highest BCUT2D eigenvalue weighted by Gasteiger charge is 2.48. The normalized spacial score (nSPS) is 21.7. The lowest BCUT2D eigenvalue weighted by atomic mass is 9.92. The van der Waals surface area contributed by atoms with Gasteiger partial charge in [-0.3, -0.25) is 9.59 Å². The van der Waals surface area contributed by atoms with Crippen molar-refractivity contribution < 1.29 is 14.3 Å². The SMILES string of the molecule is COc1ccc2cc3n(c2c1)C[C@](C)(C(=O)NC1CCCCCCC1)N(Cc1cccs1)C3=O. The van der Waals surface area contributed by atoms with Gasteiger partial charge in [0.2, 0.25) is 5.91 Å². The molecule has 0 saturated heterocycles. The fourth-order valence-electron chi connectivity index (χ4n) is 5.40. The van der Waals surface area contributed by atoms with Crippen LogP contribution in [0.2, 0.25) is 0 Å². The third kappa shape index (κ3) is 4.22. The van der Waals surface area contributed by atoms with E-state index in [-0.39, 0.29) is 17.9 Å². The second-order valence-corrected chi connectivity index (χ2v) is 10.8. The number of carbonyl (C=O) groups is 2. The number of hydrogen-bond acceptors (Lipinski definition) is 4. The zero-order valence-corrected chi connectivity index (χ0v) is 20.8. The van der Waals surface area contributed by atoms with Crippen molar-refractivity contribution in [2.75, 3.05) is 7.11 Å². The number of fused-ring (bicyclic) bond motifs is 3. The van der Waals surface area contributed by atoms with Gasteiger partial charge in [0.15, 0.2) is 0 Å². The number of amides is 2. The van der Waals surface area contributed by atoms with E-state index in [0.717, 1.165) is 47.2 Å². The lowest BCUT2D eigenvalue weighted by Crippen LogP contribution is -2.64. The summed E-state index contributed by atoms with van der Waals surface area (Å²) in [5, 5.41) is 6.34. The first-order chi connectivity index (χ1) is 16.5. The molecule has 5 rings (SSSR count). The maximum absolute atomic E-state index is 13.9. The average molecular weight is 480 g/mol. The zero-order chi connectivity index (χ0) is 23.7. The molecule has 1 aliphatic heterocycles.